The highest BCUT2D eigenvalue weighted by Crippen LogP contribution is 2.39. The number of aryl methyl sites for hydroxylation is 1. The molecule has 0 unspecified atom stereocenters. The second-order valence-corrected chi connectivity index (χ2v) is 13.6. The number of methoxy groups -OCH3 is 3. The number of hydrogen-bond acceptors (Lipinski definition) is 5. The zero-order valence-electron chi connectivity index (χ0n) is 19.4. The molecule has 0 aliphatic rings. The van der Waals surface area contributed by atoms with Crippen LogP contribution in [0.2, 0.25) is 18.1 Å². The van der Waals surface area contributed by atoms with Gasteiger partial charge in [-0.05, 0) is 54.4 Å². The maximum Gasteiger partial charge on any atom is 0.250 e. The first-order valence-corrected chi connectivity index (χ1v) is 13.0. The maximum atomic E-state index is 12.8. The van der Waals surface area contributed by atoms with E-state index in [0.717, 1.165) is 11.3 Å². The SMILES string of the molecule is COc1cc(CCC(=O)c2cccc(O[Si](C)(C)C(C)(C)C)c2)cc(OC)c1OC. The van der Waals surface area contributed by atoms with Crippen molar-refractivity contribution in [3.05, 3.63) is 47.5 Å². The number of rotatable bonds is 9. The second-order valence-electron chi connectivity index (χ2n) is 8.85. The maximum absolute atomic E-state index is 12.8. The zero-order valence-corrected chi connectivity index (χ0v) is 20.4. The van der Waals surface area contributed by atoms with Crippen LogP contribution in [0.5, 0.6) is 23.0 Å². The number of hydrogen-bond donors (Lipinski definition) is 0. The molecule has 0 saturated heterocycles. The quantitative estimate of drug-likeness (QED) is 0.365. The highest BCUT2D eigenvalue weighted by molar-refractivity contribution is 6.74. The van der Waals surface area contributed by atoms with Crippen LogP contribution in [0.15, 0.2) is 36.4 Å². The Bertz CT molecular complexity index is 858. The number of ether oxygens (including phenoxy) is 3. The van der Waals surface area contributed by atoms with Crippen LogP contribution in [-0.4, -0.2) is 35.4 Å². The monoisotopic (exact) mass is 430 g/mol. The molecule has 0 spiro atoms. The highest BCUT2D eigenvalue weighted by Gasteiger charge is 2.39. The van der Waals surface area contributed by atoms with Crippen LogP contribution >= 0.6 is 0 Å². The summed E-state index contributed by atoms with van der Waals surface area (Å²) in [7, 11) is 2.78. The molecule has 6 heteroatoms. The van der Waals surface area contributed by atoms with Crippen molar-refractivity contribution in [2.45, 2.75) is 51.7 Å². The van der Waals surface area contributed by atoms with Crippen LogP contribution < -0.4 is 18.6 Å². The van der Waals surface area contributed by atoms with Gasteiger partial charge < -0.3 is 18.6 Å². The van der Waals surface area contributed by atoms with Crippen LogP contribution in [0.4, 0.5) is 0 Å². The van der Waals surface area contributed by atoms with Crippen molar-refractivity contribution in [1.82, 2.24) is 0 Å². The van der Waals surface area contributed by atoms with E-state index >= 15 is 0 Å². The van der Waals surface area contributed by atoms with Gasteiger partial charge in [-0.2, -0.15) is 0 Å². The number of carbonyl (C=O) groups is 1. The molecule has 0 saturated carbocycles. The van der Waals surface area contributed by atoms with Crippen LogP contribution in [0.3, 0.4) is 0 Å². The Kier molecular flexibility index (Phi) is 7.58. The molecule has 0 fully saturated rings. The molecule has 164 valence electrons. The van der Waals surface area contributed by atoms with Gasteiger partial charge in [0, 0.05) is 12.0 Å². The first kappa shape index (κ1) is 23.8. The largest absolute Gasteiger partial charge is 0.543 e. The van der Waals surface area contributed by atoms with Gasteiger partial charge >= 0.3 is 0 Å². The molecule has 5 nitrogen and oxygen atoms in total. The third-order valence-corrected chi connectivity index (χ3v) is 10.1. The predicted octanol–water partition coefficient (Wildman–Crippen LogP) is 5.91. The minimum atomic E-state index is -1.96. The molecule has 0 bridgehead atoms. The lowest BCUT2D eigenvalue weighted by Gasteiger charge is -2.36. The summed E-state index contributed by atoms with van der Waals surface area (Å²) in [5.41, 5.74) is 1.62. The van der Waals surface area contributed by atoms with Crippen LogP contribution in [0, 0.1) is 0 Å². The first-order valence-electron chi connectivity index (χ1n) is 10.1. The third kappa shape index (κ3) is 5.57. The minimum Gasteiger partial charge on any atom is -0.543 e. The molecule has 2 aromatic rings. The summed E-state index contributed by atoms with van der Waals surface area (Å²) in [6.07, 6.45) is 0.949. The Morgan fingerprint density at radius 3 is 2.03 bits per heavy atom. The number of Topliss-reactive ketones (excluding diaryl/α,β-unsaturated/α-hetero) is 1. The van der Waals surface area contributed by atoms with E-state index in [4.69, 9.17) is 18.6 Å². The molecule has 0 N–H and O–H groups in total. The lowest BCUT2D eigenvalue weighted by atomic mass is 10.0. The smallest absolute Gasteiger partial charge is 0.250 e. The molecule has 0 radical (unpaired) electrons. The van der Waals surface area contributed by atoms with Crippen LogP contribution in [0.1, 0.15) is 43.1 Å². The van der Waals surface area contributed by atoms with Crippen molar-refractivity contribution in [2.24, 2.45) is 0 Å². The van der Waals surface area contributed by atoms with E-state index < -0.39 is 8.32 Å². The van der Waals surface area contributed by atoms with E-state index in [0.29, 0.717) is 35.7 Å². The number of ketones is 1. The van der Waals surface area contributed by atoms with Crippen LogP contribution in [0.25, 0.3) is 0 Å². The summed E-state index contributed by atoms with van der Waals surface area (Å²) in [5, 5.41) is 0.0967. The van der Waals surface area contributed by atoms with Gasteiger partial charge in [-0.25, -0.2) is 0 Å². The molecule has 2 aromatic carbocycles. The molecular weight excluding hydrogens is 396 g/mol. The molecule has 2 rings (SSSR count). The van der Waals surface area contributed by atoms with E-state index in [-0.39, 0.29) is 10.8 Å². The summed E-state index contributed by atoms with van der Waals surface area (Å²) < 4.78 is 22.5. The van der Waals surface area contributed by atoms with Gasteiger partial charge in [0.1, 0.15) is 5.75 Å². The van der Waals surface area contributed by atoms with E-state index in [1.54, 1.807) is 21.3 Å². The van der Waals surface area contributed by atoms with E-state index in [9.17, 15) is 4.79 Å². The molecule has 0 heterocycles. The van der Waals surface area contributed by atoms with Gasteiger partial charge in [-0.1, -0.05) is 32.9 Å². The lowest BCUT2D eigenvalue weighted by molar-refractivity contribution is 0.0982. The van der Waals surface area contributed by atoms with E-state index in [1.165, 1.54) is 0 Å². The fourth-order valence-electron chi connectivity index (χ4n) is 2.86. The highest BCUT2D eigenvalue weighted by atomic mass is 28.4. The number of carbonyl (C=O) groups excluding carboxylic acids is 1. The molecular formula is C24H34O5Si. The third-order valence-electron chi connectivity index (χ3n) is 5.70. The van der Waals surface area contributed by atoms with Gasteiger partial charge in [0.15, 0.2) is 17.3 Å². The van der Waals surface area contributed by atoms with Crippen molar-refractivity contribution >= 4 is 14.1 Å². The van der Waals surface area contributed by atoms with Gasteiger partial charge in [0.25, 0.3) is 0 Å². The van der Waals surface area contributed by atoms with Gasteiger partial charge in [-0.3, -0.25) is 4.79 Å². The summed E-state index contributed by atoms with van der Waals surface area (Å²) >= 11 is 0. The Morgan fingerprint density at radius 2 is 1.53 bits per heavy atom. The molecule has 0 aliphatic carbocycles. The molecule has 0 aromatic heterocycles. The van der Waals surface area contributed by atoms with E-state index in [2.05, 4.69) is 33.9 Å². The minimum absolute atomic E-state index is 0.0735. The van der Waals surface area contributed by atoms with Gasteiger partial charge in [0.2, 0.25) is 14.1 Å². The molecule has 0 amide bonds. The Labute approximate surface area is 181 Å². The molecule has 0 aliphatic heterocycles. The van der Waals surface area contributed by atoms with Crippen molar-refractivity contribution < 1.29 is 23.4 Å². The predicted molar refractivity (Wildman–Crippen MR) is 123 cm³/mol. The Hall–Kier alpha value is -2.47. The average Bonchev–Trinajstić information content (AvgIpc) is 2.70. The molecule has 30 heavy (non-hydrogen) atoms. The fourth-order valence-corrected chi connectivity index (χ4v) is 3.89. The Morgan fingerprint density at radius 1 is 0.933 bits per heavy atom. The summed E-state index contributed by atoms with van der Waals surface area (Å²) in [5.74, 6) is 2.56. The summed E-state index contributed by atoms with van der Waals surface area (Å²) in [6.45, 7) is 11.0. The standard InChI is InChI=1S/C24H34O5Si/c1-24(2,3)30(7,8)29-19-11-9-10-18(16-19)20(25)13-12-17-14-21(26-4)23(28-6)22(15-17)27-5/h9-11,14-16H,12-13H2,1-8H3. The Balaban J connectivity index is 2.14. The average molecular weight is 431 g/mol. The summed E-state index contributed by atoms with van der Waals surface area (Å²) in [4.78, 5) is 12.8. The first-order chi connectivity index (χ1) is 14.0. The topological polar surface area (TPSA) is 54.0 Å². The van der Waals surface area contributed by atoms with Gasteiger partial charge in [-0.15, -0.1) is 0 Å². The second kappa shape index (κ2) is 9.56. The van der Waals surface area contributed by atoms with Crippen molar-refractivity contribution in [3.63, 3.8) is 0 Å². The summed E-state index contributed by atoms with van der Waals surface area (Å²) in [6, 6.07) is 11.3. The lowest BCUT2D eigenvalue weighted by Crippen LogP contribution is -2.43. The molecule has 0 atom stereocenters. The van der Waals surface area contributed by atoms with Crippen molar-refractivity contribution in [2.75, 3.05) is 21.3 Å². The zero-order chi connectivity index (χ0) is 22.5. The van der Waals surface area contributed by atoms with Gasteiger partial charge in [0.05, 0.1) is 21.3 Å². The van der Waals surface area contributed by atoms with Crippen LogP contribution in [-0.2, 0) is 6.42 Å². The fraction of sp³-hybridized carbons (Fsp3) is 0.458. The van der Waals surface area contributed by atoms with Crippen molar-refractivity contribution in [1.29, 1.82) is 0 Å². The number of benzene rings is 2. The van der Waals surface area contributed by atoms with Crippen molar-refractivity contribution in [3.8, 4) is 23.0 Å². The normalized spacial score (nSPS) is 11.7. The van der Waals surface area contributed by atoms with E-state index in [1.807, 2.05) is 36.4 Å².